The first-order chi connectivity index (χ1) is 13.4. The fourth-order valence-electron chi connectivity index (χ4n) is 4.63. The number of thiocarbonyl (C=S) groups is 1. The summed E-state index contributed by atoms with van der Waals surface area (Å²) in [6.45, 7) is 15.3. The third-order valence-corrected chi connectivity index (χ3v) is 6.82. The van der Waals surface area contributed by atoms with Crippen LogP contribution in [0.25, 0.3) is 0 Å². The van der Waals surface area contributed by atoms with Crippen LogP contribution in [0.2, 0.25) is 0 Å². The van der Waals surface area contributed by atoms with Crippen molar-refractivity contribution >= 4 is 23.0 Å². The molecular formula is C22H38N4OS+2. The van der Waals surface area contributed by atoms with E-state index < -0.39 is 0 Å². The van der Waals surface area contributed by atoms with Crippen LogP contribution in [0.15, 0.2) is 12.1 Å². The van der Waals surface area contributed by atoms with E-state index in [1.165, 1.54) is 61.4 Å². The van der Waals surface area contributed by atoms with E-state index >= 15 is 0 Å². The van der Waals surface area contributed by atoms with E-state index in [4.69, 9.17) is 17.0 Å². The van der Waals surface area contributed by atoms with Gasteiger partial charge in [0.2, 0.25) is 0 Å². The largest absolute Gasteiger partial charge is 0.370 e. The first-order valence-corrected chi connectivity index (χ1v) is 11.2. The SMILES string of the molecule is Cc1cc(C)c(NC(=S)N2CCC([NH+](C)CC[NH+]3CCOCC3)CC2)c(C)c1. The number of hydrogen-bond donors (Lipinski definition) is 3. The number of hydrogen-bond acceptors (Lipinski definition) is 2. The Labute approximate surface area is 176 Å². The van der Waals surface area contributed by atoms with Gasteiger partial charge in [-0.15, -0.1) is 0 Å². The number of piperidine rings is 1. The molecule has 2 fully saturated rings. The summed E-state index contributed by atoms with van der Waals surface area (Å²) in [4.78, 5) is 5.74. The highest BCUT2D eigenvalue weighted by molar-refractivity contribution is 7.80. The van der Waals surface area contributed by atoms with Gasteiger partial charge in [-0.2, -0.15) is 0 Å². The van der Waals surface area contributed by atoms with Crippen molar-refractivity contribution in [2.45, 2.75) is 39.7 Å². The van der Waals surface area contributed by atoms with Gasteiger partial charge in [-0.05, 0) is 44.1 Å². The lowest BCUT2D eigenvalue weighted by Gasteiger charge is -2.36. The number of quaternary nitrogens is 2. The number of anilines is 1. The zero-order valence-corrected chi connectivity index (χ0v) is 18.9. The minimum Gasteiger partial charge on any atom is -0.370 e. The van der Waals surface area contributed by atoms with Gasteiger partial charge in [0.25, 0.3) is 0 Å². The van der Waals surface area contributed by atoms with E-state index in [0.717, 1.165) is 37.5 Å². The Balaban J connectivity index is 1.44. The lowest BCUT2D eigenvalue weighted by molar-refractivity contribution is -0.964. The minimum absolute atomic E-state index is 0.752. The molecule has 6 heteroatoms. The molecule has 0 spiro atoms. The van der Waals surface area contributed by atoms with Gasteiger partial charge in [0, 0.05) is 31.6 Å². The second-order valence-corrected chi connectivity index (χ2v) is 9.06. The maximum atomic E-state index is 5.74. The van der Waals surface area contributed by atoms with Gasteiger partial charge in [-0.25, -0.2) is 0 Å². The number of ether oxygens (including phenoxy) is 1. The van der Waals surface area contributed by atoms with Crippen LogP contribution in [0, 0.1) is 20.8 Å². The summed E-state index contributed by atoms with van der Waals surface area (Å²) in [7, 11) is 2.37. The van der Waals surface area contributed by atoms with Gasteiger partial charge in [-0.1, -0.05) is 17.7 Å². The Morgan fingerprint density at radius 2 is 1.79 bits per heavy atom. The summed E-state index contributed by atoms with van der Waals surface area (Å²) in [6.07, 6.45) is 2.44. The first-order valence-electron chi connectivity index (χ1n) is 10.8. The molecule has 2 aliphatic heterocycles. The van der Waals surface area contributed by atoms with Gasteiger partial charge >= 0.3 is 0 Å². The van der Waals surface area contributed by atoms with Gasteiger partial charge in [0.05, 0.1) is 26.3 Å². The Morgan fingerprint density at radius 1 is 1.18 bits per heavy atom. The van der Waals surface area contributed by atoms with Crippen molar-refractivity contribution in [2.24, 2.45) is 0 Å². The van der Waals surface area contributed by atoms with Crippen LogP contribution in [-0.2, 0) is 4.74 Å². The normalized spacial score (nSPS) is 20.2. The highest BCUT2D eigenvalue weighted by Gasteiger charge is 2.27. The molecule has 3 rings (SSSR count). The quantitative estimate of drug-likeness (QED) is 0.611. The molecule has 2 aliphatic rings. The van der Waals surface area contributed by atoms with Crippen LogP contribution >= 0.6 is 12.2 Å². The number of benzene rings is 1. The second-order valence-electron chi connectivity index (χ2n) is 8.67. The van der Waals surface area contributed by atoms with E-state index in [1.807, 2.05) is 0 Å². The Hall–Kier alpha value is -1.21. The highest BCUT2D eigenvalue weighted by Crippen LogP contribution is 2.23. The van der Waals surface area contributed by atoms with E-state index in [2.05, 4.69) is 50.2 Å². The number of nitrogens with one attached hydrogen (secondary N) is 3. The zero-order valence-electron chi connectivity index (χ0n) is 18.1. The molecule has 0 bridgehead atoms. The van der Waals surface area contributed by atoms with Crippen LogP contribution in [0.1, 0.15) is 29.5 Å². The maximum absolute atomic E-state index is 5.74. The molecular weight excluding hydrogens is 368 g/mol. The van der Waals surface area contributed by atoms with Crippen LogP contribution < -0.4 is 15.1 Å². The highest BCUT2D eigenvalue weighted by atomic mass is 32.1. The van der Waals surface area contributed by atoms with Crippen molar-refractivity contribution in [3.05, 3.63) is 28.8 Å². The summed E-state index contributed by atoms with van der Waals surface area (Å²) >= 11 is 5.74. The number of morpholine rings is 1. The van der Waals surface area contributed by atoms with Crippen molar-refractivity contribution in [3.63, 3.8) is 0 Å². The molecule has 1 unspecified atom stereocenters. The number of likely N-dealkylation sites (N-methyl/N-ethyl adjacent to an activating group) is 1. The predicted octanol–water partition coefficient (Wildman–Crippen LogP) is 0.203. The second kappa shape index (κ2) is 10.0. The maximum Gasteiger partial charge on any atom is 0.173 e. The molecule has 2 saturated heterocycles. The number of likely N-dealkylation sites (tertiary alicyclic amines) is 1. The third-order valence-electron chi connectivity index (χ3n) is 6.46. The first kappa shape index (κ1) is 21.5. The lowest BCUT2D eigenvalue weighted by atomic mass is 10.0. The van der Waals surface area contributed by atoms with Crippen LogP contribution in [0.5, 0.6) is 0 Å². The van der Waals surface area contributed by atoms with Gasteiger partial charge < -0.3 is 24.8 Å². The van der Waals surface area contributed by atoms with E-state index in [1.54, 1.807) is 9.80 Å². The van der Waals surface area contributed by atoms with Gasteiger partial charge in [-0.3, -0.25) is 0 Å². The van der Waals surface area contributed by atoms with E-state index in [9.17, 15) is 0 Å². The molecule has 5 nitrogen and oxygen atoms in total. The fraction of sp³-hybridized carbons (Fsp3) is 0.682. The van der Waals surface area contributed by atoms with E-state index in [0.29, 0.717) is 0 Å². The molecule has 1 aromatic carbocycles. The summed E-state index contributed by atoms with van der Waals surface area (Å²) in [5.74, 6) is 0. The average Bonchev–Trinajstić information content (AvgIpc) is 2.69. The molecule has 3 N–H and O–H groups in total. The minimum atomic E-state index is 0.752. The van der Waals surface area contributed by atoms with Crippen molar-refractivity contribution < 1.29 is 14.5 Å². The molecule has 0 radical (unpaired) electrons. The molecule has 0 aliphatic carbocycles. The number of nitrogens with zero attached hydrogens (tertiary/aromatic N) is 1. The van der Waals surface area contributed by atoms with Crippen LogP contribution in [-0.4, -0.2) is 75.6 Å². The van der Waals surface area contributed by atoms with Crippen molar-refractivity contribution in [1.82, 2.24) is 4.90 Å². The number of rotatable bonds is 5. The third kappa shape index (κ3) is 5.66. The van der Waals surface area contributed by atoms with Crippen molar-refractivity contribution in [2.75, 3.05) is 64.8 Å². The Kier molecular flexibility index (Phi) is 7.69. The molecule has 0 saturated carbocycles. The lowest BCUT2D eigenvalue weighted by Crippen LogP contribution is -3.21. The zero-order chi connectivity index (χ0) is 20.1. The molecule has 1 aromatic rings. The fourth-order valence-corrected chi connectivity index (χ4v) is 4.91. The van der Waals surface area contributed by atoms with Crippen LogP contribution in [0.3, 0.4) is 0 Å². The van der Waals surface area contributed by atoms with Crippen molar-refractivity contribution in [1.29, 1.82) is 0 Å². The van der Waals surface area contributed by atoms with Gasteiger partial charge in [0.1, 0.15) is 26.2 Å². The van der Waals surface area contributed by atoms with Gasteiger partial charge in [0.15, 0.2) is 5.11 Å². The molecule has 156 valence electrons. The molecule has 28 heavy (non-hydrogen) atoms. The van der Waals surface area contributed by atoms with Crippen molar-refractivity contribution in [3.8, 4) is 0 Å². The summed E-state index contributed by atoms with van der Waals surface area (Å²) in [5, 5.41) is 4.40. The average molecular weight is 407 g/mol. The summed E-state index contributed by atoms with van der Waals surface area (Å²) < 4.78 is 5.47. The Morgan fingerprint density at radius 3 is 2.39 bits per heavy atom. The van der Waals surface area contributed by atoms with E-state index in [-0.39, 0.29) is 0 Å². The van der Waals surface area contributed by atoms with Crippen LogP contribution in [0.4, 0.5) is 5.69 Å². The molecule has 0 amide bonds. The number of aryl methyl sites for hydroxylation is 3. The summed E-state index contributed by atoms with van der Waals surface area (Å²) in [6, 6.07) is 5.19. The molecule has 1 atom stereocenters. The summed E-state index contributed by atoms with van der Waals surface area (Å²) in [5.41, 5.74) is 5.01. The topological polar surface area (TPSA) is 33.4 Å². The smallest absolute Gasteiger partial charge is 0.173 e. The molecule has 0 aromatic heterocycles. The Bertz CT molecular complexity index is 643. The molecule has 2 heterocycles. The standard InChI is InChI=1S/C22H36N4OS/c1-17-15-18(2)21(19(3)16-17)23-22(28)26-7-5-20(6-8-26)24(4)9-10-25-11-13-27-14-12-25/h15-16,20H,5-14H2,1-4H3,(H,23,28)/p+2. The predicted molar refractivity (Wildman–Crippen MR) is 120 cm³/mol. The monoisotopic (exact) mass is 406 g/mol.